The van der Waals surface area contributed by atoms with E-state index in [1.54, 1.807) is 4.90 Å². The average Bonchev–Trinajstić information content (AvgIpc) is 3.35. The Hall–Kier alpha value is -1.59. The average molecular weight is 345 g/mol. The van der Waals surface area contributed by atoms with E-state index in [1.807, 2.05) is 0 Å². The number of nitrogens with one attached hydrogen (secondary N) is 3. The van der Waals surface area contributed by atoms with E-state index in [-0.39, 0.29) is 5.91 Å². The van der Waals surface area contributed by atoms with Crippen LogP contribution in [-0.4, -0.2) is 51.3 Å². The van der Waals surface area contributed by atoms with E-state index in [0.29, 0.717) is 12.6 Å². The topological polar surface area (TPSA) is 47.2 Å². The summed E-state index contributed by atoms with van der Waals surface area (Å²) in [4.78, 5) is 15.3. The van der Waals surface area contributed by atoms with E-state index in [9.17, 15) is 4.79 Å². The molecule has 1 saturated carbocycles. The molecular formula is C20H31N3O2+2. The number of hydrogen-bond donors (Lipinski definition) is 3. The summed E-state index contributed by atoms with van der Waals surface area (Å²) >= 11 is 0. The smallest absolute Gasteiger partial charge is 0.275 e. The summed E-state index contributed by atoms with van der Waals surface area (Å²) in [6.45, 7) is 9.18. The second kappa shape index (κ2) is 7.34. The van der Waals surface area contributed by atoms with Crippen molar-refractivity contribution in [3.05, 3.63) is 29.3 Å². The zero-order valence-electron chi connectivity index (χ0n) is 15.3. The minimum atomic E-state index is 0.233. The third kappa shape index (κ3) is 4.33. The van der Waals surface area contributed by atoms with Crippen LogP contribution in [0.4, 0.5) is 0 Å². The SMILES string of the molecule is C[C@H](NC(=O)C[NH+]1CC[NH+](Cc2ccc3c(c2)CCO3)CC1)C1CC1. The molecule has 25 heavy (non-hydrogen) atoms. The fraction of sp³-hybridized carbons (Fsp3) is 0.650. The number of benzene rings is 1. The van der Waals surface area contributed by atoms with Crippen LogP contribution in [0.15, 0.2) is 18.2 Å². The highest BCUT2D eigenvalue weighted by atomic mass is 16.5. The van der Waals surface area contributed by atoms with Gasteiger partial charge in [-0.25, -0.2) is 0 Å². The van der Waals surface area contributed by atoms with Gasteiger partial charge < -0.3 is 19.9 Å². The Kier molecular flexibility index (Phi) is 4.95. The van der Waals surface area contributed by atoms with Crippen LogP contribution in [0.3, 0.4) is 0 Å². The van der Waals surface area contributed by atoms with E-state index in [4.69, 9.17) is 4.74 Å². The highest BCUT2D eigenvalue weighted by Gasteiger charge is 2.30. The van der Waals surface area contributed by atoms with Crippen LogP contribution >= 0.6 is 0 Å². The van der Waals surface area contributed by atoms with Crippen molar-refractivity contribution in [1.29, 1.82) is 0 Å². The zero-order valence-corrected chi connectivity index (χ0v) is 15.3. The van der Waals surface area contributed by atoms with Crippen molar-refractivity contribution in [2.24, 2.45) is 5.92 Å². The molecule has 2 heterocycles. The highest BCUT2D eigenvalue weighted by molar-refractivity contribution is 5.77. The molecule has 4 rings (SSSR count). The van der Waals surface area contributed by atoms with Gasteiger partial charge in [-0.05, 0) is 49.4 Å². The third-order valence-corrected chi connectivity index (χ3v) is 6.00. The second-order valence-corrected chi connectivity index (χ2v) is 8.09. The number of fused-ring (bicyclic) bond motifs is 1. The molecule has 0 radical (unpaired) electrons. The van der Waals surface area contributed by atoms with Crippen LogP contribution in [0.5, 0.6) is 5.75 Å². The summed E-state index contributed by atoms with van der Waals surface area (Å²) in [5.74, 6) is 2.04. The first-order chi connectivity index (χ1) is 12.2. The maximum atomic E-state index is 12.2. The first-order valence-electron chi connectivity index (χ1n) is 9.88. The molecule has 2 aliphatic heterocycles. The van der Waals surface area contributed by atoms with E-state index in [2.05, 4.69) is 30.4 Å². The summed E-state index contributed by atoms with van der Waals surface area (Å²) in [7, 11) is 0. The van der Waals surface area contributed by atoms with Crippen molar-refractivity contribution in [3.8, 4) is 5.75 Å². The number of hydrogen-bond acceptors (Lipinski definition) is 2. The number of quaternary nitrogens is 2. The maximum absolute atomic E-state index is 12.2. The lowest BCUT2D eigenvalue weighted by Gasteiger charge is -2.29. The minimum Gasteiger partial charge on any atom is -0.493 e. The lowest BCUT2D eigenvalue weighted by molar-refractivity contribution is -1.02. The number of rotatable bonds is 6. The standard InChI is InChI=1S/C20H29N3O2/c1-15(17-3-4-17)21-20(24)14-23-9-7-22(8-10-23)13-16-2-5-19-18(12-16)6-11-25-19/h2,5,12,15,17H,3-4,6-11,13-14H2,1H3,(H,21,24)/p+2/t15-/m0/s1. The fourth-order valence-electron chi connectivity index (χ4n) is 4.20. The molecule has 1 aromatic carbocycles. The van der Waals surface area contributed by atoms with Crippen LogP contribution in [0.2, 0.25) is 0 Å². The number of ether oxygens (including phenoxy) is 1. The van der Waals surface area contributed by atoms with Crippen molar-refractivity contribution in [3.63, 3.8) is 0 Å². The van der Waals surface area contributed by atoms with Gasteiger partial charge in [0.15, 0.2) is 6.54 Å². The van der Waals surface area contributed by atoms with Gasteiger partial charge in [-0.3, -0.25) is 4.79 Å². The third-order valence-electron chi connectivity index (χ3n) is 6.00. The Bertz CT molecular complexity index is 621. The Labute approximate surface area is 150 Å². The van der Waals surface area contributed by atoms with Crippen LogP contribution in [0.1, 0.15) is 30.9 Å². The summed E-state index contributed by atoms with van der Waals surface area (Å²) in [5.41, 5.74) is 2.78. The van der Waals surface area contributed by atoms with Gasteiger partial charge in [0.2, 0.25) is 0 Å². The maximum Gasteiger partial charge on any atom is 0.275 e. The van der Waals surface area contributed by atoms with Crippen LogP contribution in [-0.2, 0) is 17.8 Å². The van der Waals surface area contributed by atoms with E-state index >= 15 is 0 Å². The number of piperazine rings is 1. The molecule has 1 saturated heterocycles. The van der Waals surface area contributed by atoms with Gasteiger partial charge in [-0.15, -0.1) is 0 Å². The van der Waals surface area contributed by atoms with Crippen LogP contribution in [0.25, 0.3) is 0 Å². The van der Waals surface area contributed by atoms with Gasteiger partial charge in [0.25, 0.3) is 5.91 Å². The molecular weight excluding hydrogens is 314 g/mol. The van der Waals surface area contributed by atoms with Crippen molar-refractivity contribution in [2.75, 3.05) is 39.3 Å². The molecule has 0 aromatic heterocycles. The largest absolute Gasteiger partial charge is 0.493 e. The predicted molar refractivity (Wildman–Crippen MR) is 95.9 cm³/mol. The second-order valence-electron chi connectivity index (χ2n) is 8.09. The lowest BCUT2D eigenvalue weighted by atomic mass is 10.1. The van der Waals surface area contributed by atoms with E-state index in [0.717, 1.165) is 57.4 Å². The first kappa shape index (κ1) is 16.9. The highest BCUT2D eigenvalue weighted by Crippen LogP contribution is 2.32. The molecule has 1 amide bonds. The molecule has 136 valence electrons. The van der Waals surface area contributed by atoms with Crippen molar-refractivity contribution in [2.45, 2.75) is 38.8 Å². The summed E-state index contributed by atoms with van der Waals surface area (Å²) in [6, 6.07) is 7.02. The molecule has 5 heteroatoms. The Morgan fingerprint density at radius 1 is 1.24 bits per heavy atom. The predicted octanol–water partition coefficient (Wildman–Crippen LogP) is -1.18. The Morgan fingerprint density at radius 2 is 2.00 bits per heavy atom. The van der Waals surface area contributed by atoms with Crippen molar-refractivity contribution < 1.29 is 19.3 Å². The molecule has 0 unspecified atom stereocenters. The molecule has 1 atom stereocenters. The summed E-state index contributed by atoms with van der Waals surface area (Å²) < 4.78 is 5.59. The van der Waals surface area contributed by atoms with Crippen molar-refractivity contribution >= 4 is 5.91 Å². The molecule has 2 fully saturated rings. The van der Waals surface area contributed by atoms with Gasteiger partial charge in [0.1, 0.15) is 38.5 Å². The number of carbonyl (C=O) groups is 1. The van der Waals surface area contributed by atoms with Gasteiger partial charge in [-0.2, -0.15) is 0 Å². The summed E-state index contributed by atoms with van der Waals surface area (Å²) in [5, 5.41) is 3.19. The van der Waals surface area contributed by atoms with Gasteiger partial charge in [0, 0.05) is 18.0 Å². The number of amides is 1. The minimum absolute atomic E-state index is 0.233. The van der Waals surface area contributed by atoms with Crippen LogP contribution < -0.4 is 19.9 Å². The monoisotopic (exact) mass is 345 g/mol. The lowest BCUT2D eigenvalue weighted by Crippen LogP contribution is -3.28. The summed E-state index contributed by atoms with van der Waals surface area (Å²) in [6.07, 6.45) is 3.61. The van der Waals surface area contributed by atoms with Crippen LogP contribution in [0, 0.1) is 5.92 Å². The van der Waals surface area contributed by atoms with Crippen molar-refractivity contribution in [1.82, 2.24) is 5.32 Å². The Morgan fingerprint density at radius 3 is 2.76 bits per heavy atom. The molecule has 5 nitrogen and oxygen atoms in total. The Balaban J connectivity index is 1.21. The molecule has 3 aliphatic rings. The quantitative estimate of drug-likeness (QED) is 0.608. The van der Waals surface area contributed by atoms with Gasteiger partial charge >= 0.3 is 0 Å². The molecule has 0 spiro atoms. The number of carbonyl (C=O) groups excluding carboxylic acids is 1. The van der Waals surface area contributed by atoms with E-state index < -0.39 is 0 Å². The zero-order chi connectivity index (χ0) is 17.2. The van der Waals surface area contributed by atoms with Gasteiger partial charge in [0.05, 0.1) is 6.61 Å². The van der Waals surface area contributed by atoms with E-state index in [1.165, 1.54) is 28.9 Å². The fourth-order valence-corrected chi connectivity index (χ4v) is 4.20. The molecule has 1 aromatic rings. The normalized spacial score (nSPS) is 26.6. The molecule has 0 bridgehead atoms. The molecule has 1 aliphatic carbocycles. The molecule has 3 N–H and O–H groups in total. The first-order valence-corrected chi connectivity index (χ1v) is 9.88. The van der Waals surface area contributed by atoms with Gasteiger partial charge in [-0.1, -0.05) is 0 Å².